The molecule has 6 nitrogen and oxygen atoms in total. The van der Waals surface area contributed by atoms with E-state index in [4.69, 9.17) is 0 Å². The van der Waals surface area contributed by atoms with Crippen LogP contribution in [0.1, 0.15) is 37.5 Å². The van der Waals surface area contributed by atoms with Gasteiger partial charge < -0.3 is 4.90 Å². The van der Waals surface area contributed by atoms with E-state index in [2.05, 4.69) is 32.4 Å². The molecule has 100 valence electrons. The molecule has 0 saturated carbocycles. The van der Waals surface area contributed by atoms with Gasteiger partial charge in [-0.05, 0) is 62.8 Å². The summed E-state index contributed by atoms with van der Waals surface area (Å²) in [6, 6.07) is 1.14. The first-order chi connectivity index (χ1) is 8.75. The highest BCUT2D eigenvalue weighted by atomic mass is 15.5. The van der Waals surface area contributed by atoms with Gasteiger partial charge in [-0.2, -0.15) is 0 Å². The second-order valence-corrected chi connectivity index (χ2v) is 5.59. The largest absolute Gasteiger partial charge is 0.306 e. The number of rotatable bonds is 2. The van der Waals surface area contributed by atoms with Gasteiger partial charge in [0.1, 0.15) is 0 Å². The van der Waals surface area contributed by atoms with Crippen molar-refractivity contribution in [3.63, 3.8) is 0 Å². The molecule has 2 fully saturated rings. The Morgan fingerprint density at radius 1 is 1.06 bits per heavy atom. The maximum Gasteiger partial charge on any atom is 0.168 e. The molecular formula is C12H22N6. The lowest BCUT2D eigenvalue weighted by Gasteiger charge is -2.37. The minimum absolute atomic E-state index is 0.429. The molecule has 0 aliphatic carbocycles. The Balaban J connectivity index is 1.73. The van der Waals surface area contributed by atoms with Crippen molar-refractivity contribution in [1.82, 2.24) is 30.0 Å². The maximum absolute atomic E-state index is 4.21. The number of tetrazole rings is 1. The van der Waals surface area contributed by atoms with E-state index in [1.165, 1.54) is 45.3 Å². The average Bonchev–Trinajstić information content (AvgIpc) is 2.98. The molecule has 0 spiro atoms. The third-order valence-electron chi connectivity index (χ3n) is 4.40. The highest BCUT2D eigenvalue weighted by Crippen LogP contribution is 2.34. The molecule has 2 saturated heterocycles. The summed E-state index contributed by atoms with van der Waals surface area (Å²) in [4.78, 5) is 5.06. The van der Waals surface area contributed by atoms with Crippen LogP contribution in [0, 0.1) is 0 Å². The van der Waals surface area contributed by atoms with E-state index < -0.39 is 0 Å². The van der Waals surface area contributed by atoms with Crippen molar-refractivity contribution >= 4 is 0 Å². The second kappa shape index (κ2) is 4.93. The fourth-order valence-electron chi connectivity index (χ4n) is 3.35. The normalized spacial score (nSPS) is 28.0. The molecule has 0 amide bonds. The third kappa shape index (κ3) is 2.14. The van der Waals surface area contributed by atoms with Crippen molar-refractivity contribution < 1.29 is 0 Å². The maximum atomic E-state index is 4.21. The fourth-order valence-corrected chi connectivity index (χ4v) is 3.35. The molecular weight excluding hydrogens is 228 g/mol. The summed E-state index contributed by atoms with van der Waals surface area (Å²) < 4.78 is 1.83. The van der Waals surface area contributed by atoms with E-state index in [1.807, 2.05) is 11.7 Å². The van der Waals surface area contributed by atoms with Gasteiger partial charge in [0.2, 0.25) is 0 Å². The molecule has 2 aliphatic heterocycles. The van der Waals surface area contributed by atoms with Crippen molar-refractivity contribution in [2.24, 2.45) is 7.05 Å². The molecule has 1 unspecified atom stereocenters. The highest BCUT2D eigenvalue weighted by molar-refractivity contribution is 4.99. The monoisotopic (exact) mass is 250 g/mol. The van der Waals surface area contributed by atoms with E-state index in [9.17, 15) is 0 Å². The molecule has 3 heterocycles. The van der Waals surface area contributed by atoms with Crippen LogP contribution in [0.15, 0.2) is 0 Å². The topological polar surface area (TPSA) is 50.1 Å². The van der Waals surface area contributed by atoms with Crippen LogP contribution in [-0.4, -0.2) is 62.7 Å². The van der Waals surface area contributed by atoms with Gasteiger partial charge in [0.05, 0.1) is 6.04 Å². The van der Waals surface area contributed by atoms with Crippen LogP contribution in [0.5, 0.6) is 0 Å². The Morgan fingerprint density at radius 2 is 1.83 bits per heavy atom. The van der Waals surface area contributed by atoms with Gasteiger partial charge in [0, 0.05) is 13.1 Å². The summed E-state index contributed by atoms with van der Waals surface area (Å²) >= 11 is 0. The number of piperidine rings is 1. The van der Waals surface area contributed by atoms with Crippen molar-refractivity contribution in [2.45, 2.75) is 37.8 Å². The van der Waals surface area contributed by atoms with Crippen LogP contribution >= 0.6 is 0 Å². The van der Waals surface area contributed by atoms with Crippen LogP contribution in [0.3, 0.4) is 0 Å². The number of likely N-dealkylation sites (tertiary alicyclic amines) is 2. The van der Waals surface area contributed by atoms with Crippen molar-refractivity contribution in [3.8, 4) is 0 Å². The number of nitrogens with zero attached hydrogens (tertiary/aromatic N) is 6. The summed E-state index contributed by atoms with van der Waals surface area (Å²) in [5.41, 5.74) is 0. The van der Waals surface area contributed by atoms with Gasteiger partial charge in [0.15, 0.2) is 5.82 Å². The summed E-state index contributed by atoms with van der Waals surface area (Å²) in [5.74, 6) is 1.03. The molecule has 2 aliphatic rings. The minimum atomic E-state index is 0.429. The standard InChI is InChI=1S/C12H22N6/c1-16-8-5-10(6-9-16)18-7-3-4-11(18)12-13-14-15-17(12)2/h10-11H,3-9H2,1-2H3. The highest BCUT2D eigenvalue weighted by Gasteiger charge is 2.35. The molecule has 6 heteroatoms. The first-order valence-electron chi connectivity index (χ1n) is 6.92. The molecule has 0 aromatic carbocycles. The molecule has 18 heavy (non-hydrogen) atoms. The van der Waals surface area contributed by atoms with Crippen LogP contribution in [-0.2, 0) is 7.05 Å². The van der Waals surface area contributed by atoms with Crippen LogP contribution < -0.4 is 0 Å². The quantitative estimate of drug-likeness (QED) is 0.762. The number of aryl methyl sites for hydroxylation is 1. The van der Waals surface area contributed by atoms with Crippen molar-refractivity contribution in [3.05, 3.63) is 5.82 Å². The Morgan fingerprint density at radius 3 is 2.50 bits per heavy atom. The Bertz CT molecular complexity index is 395. The van der Waals surface area contributed by atoms with Crippen molar-refractivity contribution in [1.29, 1.82) is 0 Å². The van der Waals surface area contributed by atoms with E-state index in [0.29, 0.717) is 12.1 Å². The van der Waals surface area contributed by atoms with Crippen molar-refractivity contribution in [2.75, 3.05) is 26.7 Å². The predicted octanol–water partition coefficient (Wildman–Crippen LogP) is 0.441. The van der Waals surface area contributed by atoms with E-state index >= 15 is 0 Å². The summed E-state index contributed by atoms with van der Waals surface area (Å²) in [6.07, 6.45) is 5.01. The van der Waals surface area contributed by atoms with E-state index in [1.54, 1.807) is 0 Å². The predicted molar refractivity (Wildman–Crippen MR) is 68.0 cm³/mol. The third-order valence-corrected chi connectivity index (χ3v) is 4.40. The average molecular weight is 250 g/mol. The lowest BCUT2D eigenvalue weighted by molar-refractivity contribution is 0.105. The lowest BCUT2D eigenvalue weighted by Crippen LogP contribution is -2.43. The van der Waals surface area contributed by atoms with Gasteiger partial charge in [-0.15, -0.1) is 5.10 Å². The first kappa shape index (κ1) is 12.0. The summed E-state index contributed by atoms with van der Waals surface area (Å²) in [5, 5.41) is 12.0. The summed E-state index contributed by atoms with van der Waals surface area (Å²) in [7, 11) is 4.16. The minimum Gasteiger partial charge on any atom is -0.306 e. The fraction of sp³-hybridized carbons (Fsp3) is 0.917. The van der Waals surface area contributed by atoms with Crippen LogP contribution in [0.25, 0.3) is 0 Å². The Kier molecular flexibility index (Phi) is 3.30. The molecule has 1 aromatic rings. The number of hydrogen-bond donors (Lipinski definition) is 0. The van der Waals surface area contributed by atoms with Gasteiger partial charge in [-0.25, -0.2) is 4.68 Å². The van der Waals surface area contributed by atoms with Gasteiger partial charge in [-0.3, -0.25) is 4.90 Å². The Hall–Kier alpha value is -1.01. The Labute approximate surface area is 108 Å². The summed E-state index contributed by atoms with van der Waals surface area (Å²) in [6.45, 7) is 3.63. The number of aromatic nitrogens is 4. The SMILES string of the molecule is CN1CCC(N2CCCC2c2nnnn2C)CC1. The zero-order valence-corrected chi connectivity index (χ0v) is 11.3. The van der Waals surface area contributed by atoms with E-state index in [-0.39, 0.29) is 0 Å². The molecule has 0 N–H and O–H groups in total. The lowest BCUT2D eigenvalue weighted by atomic mass is 10.0. The molecule has 1 atom stereocenters. The van der Waals surface area contributed by atoms with E-state index in [0.717, 1.165) is 5.82 Å². The zero-order chi connectivity index (χ0) is 12.5. The van der Waals surface area contributed by atoms with Crippen LogP contribution in [0.2, 0.25) is 0 Å². The van der Waals surface area contributed by atoms with Gasteiger partial charge >= 0.3 is 0 Å². The molecule has 0 radical (unpaired) electrons. The molecule has 0 bridgehead atoms. The second-order valence-electron chi connectivity index (χ2n) is 5.59. The van der Waals surface area contributed by atoms with Gasteiger partial charge in [-0.1, -0.05) is 0 Å². The molecule has 3 rings (SSSR count). The first-order valence-corrected chi connectivity index (χ1v) is 6.92. The zero-order valence-electron chi connectivity index (χ0n) is 11.3. The molecule has 1 aromatic heterocycles. The van der Waals surface area contributed by atoms with Crippen LogP contribution in [0.4, 0.5) is 0 Å². The van der Waals surface area contributed by atoms with Gasteiger partial charge in [0.25, 0.3) is 0 Å². The smallest absolute Gasteiger partial charge is 0.168 e. The number of hydrogen-bond acceptors (Lipinski definition) is 5.